The minimum atomic E-state index is -3.78. The van der Waals surface area contributed by atoms with E-state index in [0.717, 1.165) is 11.1 Å². The number of aryl methyl sites for hydroxylation is 3. The SMILES string of the molecule is Cc1cc(C(=O)CS(=O)(=O)c2c(C)noc2C)ccc1C(C)(C)C. The third-order valence-electron chi connectivity index (χ3n) is 3.96. The van der Waals surface area contributed by atoms with Crippen LogP contribution in [0.3, 0.4) is 0 Å². The Bertz CT molecular complexity index is 867. The van der Waals surface area contributed by atoms with Gasteiger partial charge in [0.15, 0.2) is 21.4 Å². The van der Waals surface area contributed by atoms with E-state index in [0.29, 0.717) is 5.56 Å². The summed E-state index contributed by atoms with van der Waals surface area (Å²) in [6.07, 6.45) is 0. The molecule has 0 radical (unpaired) electrons. The van der Waals surface area contributed by atoms with Crippen LogP contribution in [-0.4, -0.2) is 25.1 Å². The molecule has 0 atom stereocenters. The Morgan fingerprint density at radius 1 is 1.17 bits per heavy atom. The summed E-state index contributed by atoms with van der Waals surface area (Å²) < 4.78 is 29.9. The van der Waals surface area contributed by atoms with Crippen molar-refractivity contribution in [2.75, 3.05) is 5.75 Å². The van der Waals surface area contributed by atoms with E-state index in [2.05, 4.69) is 25.9 Å². The van der Waals surface area contributed by atoms with E-state index in [4.69, 9.17) is 4.52 Å². The van der Waals surface area contributed by atoms with Crippen molar-refractivity contribution in [2.45, 2.75) is 51.9 Å². The Morgan fingerprint density at radius 3 is 2.25 bits per heavy atom. The molecule has 130 valence electrons. The summed E-state index contributed by atoms with van der Waals surface area (Å²) in [4.78, 5) is 12.5. The van der Waals surface area contributed by atoms with Gasteiger partial charge < -0.3 is 4.52 Å². The molecule has 0 fully saturated rings. The van der Waals surface area contributed by atoms with E-state index in [1.807, 2.05) is 13.0 Å². The second-order valence-electron chi connectivity index (χ2n) is 7.12. The summed E-state index contributed by atoms with van der Waals surface area (Å²) >= 11 is 0. The highest BCUT2D eigenvalue weighted by Crippen LogP contribution is 2.27. The van der Waals surface area contributed by atoms with Crippen molar-refractivity contribution in [3.05, 3.63) is 46.3 Å². The van der Waals surface area contributed by atoms with Gasteiger partial charge in [-0.1, -0.05) is 38.1 Å². The molecule has 6 heteroatoms. The normalized spacial score (nSPS) is 12.4. The van der Waals surface area contributed by atoms with E-state index in [1.165, 1.54) is 6.92 Å². The van der Waals surface area contributed by atoms with Crippen LogP contribution in [0.4, 0.5) is 0 Å². The highest BCUT2D eigenvalue weighted by atomic mass is 32.2. The number of nitrogens with zero attached hydrogens (tertiary/aromatic N) is 1. The molecule has 24 heavy (non-hydrogen) atoms. The number of hydrogen-bond donors (Lipinski definition) is 0. The van der Waals surface area contributed by atoms with Crippen molar-refractivity contribution in [3.63, 3.8) is 0 Å². The third-order valence-corrected chi connectivity index (χ3v) is 5.80. The molecule has 0 saturated heterocycles. The second-order valence-corrected chi connectivity index (χ2v) is 9.04. The van der Waals surface area contributed by atoms with Crippen LogP contribution < -0.4 is 0 Å². The minimum absolute atomic E-state index is 0.0129. The molecular formula is C18H23NO4S. The predicted octanol–water partition coefficient (Wildman–Crippen LogP) is 3.55. The van der Waals surface area contributed by atoms with Crippen molar-refractivity contribution in [3.8, 4) is 0 Å². The molecule has 0 aliphatic rings. The average Bonchev–Trinajstić information content (AvgIpc) is 2.76. The van der Waals surface area contributed by atoms with Gasteiger partial charge in [0, 0.05) is 5.56 Å². The van der Waals surface area contributed by atoms with Crippen LogP contribution in [0.1, 0.15) is 53.7 Å². The van der Waals surface area contributed by atoms with Crippen LogP contribution in [-0.2, 0) is 15.3 Å². The Balaban J connectivity index is 2.32. The summed E-state index contributed by atoms with van der Waals surface area (Å²) in [5, 5.41) is 3.65. The summed E-state index contributed by atoms with van der Waals surface area (Å²) in [7, 11) is -3.78. The van der Waals surface area contributed by atoms with Gasteiger partial charge in [-0.3, -0.25) is 4.79 Å². The molecule has 0 unspecified atom stereocenters. The second kappa shape index (κ2) is 6.16. The third kappa shape index (κ3) is 3.59. The first-order valence-electron chi connectivity index (χ1n) is 7.73. The van der Waals surface area contributed by atoms with Crippen molar-refractivity contribution in [1.29, 1.82) is 0 Å². The van der Waals surface area contributed by atoms with Gasteiger partial charge in [0.05, 0.1) is 5.69 Å². The lowest BCUT2D eigenvalue weighted by molar-refractivity contribution is 0.102. The number of ketones is 1. The zero-order valence-corrected chi connectivity index (χ0v) is 15.7. The van der Waals surface area contributed by atoms with Crippen LogP contribution >= 0.6 is 0 Å². The molecule has 0 saturated carbocycles. The lowest BCUT2D eigenvalue weighted by atomic mass is 9.83. The maximum absolute atomic E-state index is 12.5. The minimum Gasteiger partial charge on any atom is -0.360 e. The molecule has 1 aromatic heterocycles. The summed E-state index contributed by atoms with van der Waals surface area (Å²) in [6, 6.07) is 5.34. The number of sulfone groups is 1. The predicted molar refractivity (Wildman–Crippen MR) is 92.2 cm³/mol. The summed E-state index contributed by atoms with van der Waals surface area (Å²) in [5.74, 6) is -0.817. The van der Waals surface area contributed by atoms with Gasteiger partial charge in [-0.2, -0.15) is 0 Å². The zero-order valence-electron chi connectivity index (χ0n) is 14.9. The molecule has 0 amide bonds. The molecule has 0 spiro atoms. The van der Waals surface area contributed by atoms with Gasteiger partial charge in [-0.25, -0.2) is 8.42 Å². The lowest BCUT2D eigenvalue weighted by Gasteiger charge is -2.22. The Kier molecular flexibility index (Phi) is 4.72. The number of Topliss-reactive ketones (excluding diaryl/α,β-unsaturated/α-hetero) is 1. The average molecular weight is 349 g/mol. The van der Waals surface area contributed by atoms with Crippen molar-refractivity contribution in [1.82, 2.24) is 5.16 Å². The van der Waals surface area contributed by atoms with Crippen LogP contribution in [0, 0.1) is 20.8 Å². The molecule has 0 aliphatic heterocycles. The first-order valence-corrected chi connectivity index (χ1v) is 9.38. The Labute approximate surface area is 143 Å². The Hall–Kier alpha value is -1.95. The van der Waals surface area contributed by atoms with E-state index in [-0.39, 0.29) is 21.8 Å². The number of rotatable bonds is 4. The molecule has 2 rings (SSSR count). The summed E-state index contributed by atoms with van der Waals surface area (Å²) in [6.45, 7) is 11.3. The van der Waals surface area contributed by atoms with E-state index < -0.39 is 21.4 Å². The fourth-order valence-corrected chi connectivity index (χ4v) is 4.54. The van der Waals surface area contributed by atoms with Crippen LogP contribution in [0.5, 0.6) is 0 Å². The van der Waals surface area contributed by atoms with Gasteiger partial charge in [0.2, 0.25) is 0 Å². The molecule has 5 nitrogen and oxygen atoms in total. The molecule has 2 aromatic rings. The maximum Gasteiger partial charge on any atom is 0.191 e. The number of benzene rings is 1. The van der Waals surface area contributed by atoms with E-state index in [9.17, 15) is 13.2 Å². The standard InChI is InChI=1S/C18H23NO4S/c1-11-9-14(7-8-15(11)18(4,5)6)16(20)10-24(21,22)17-12(2)19-23-13(17)3/h7-9H,10H2,1-6H3. The number of aromatic nitrogens is 1. The first kappa shape index (κ1) is 18.4. The molecule has 1 heterocycles. The topological polar surface area (TPSA) is 77.2 Å². The van der Waals surface area contributed by atoms with Gasteiger partial charge in [0.25, 0.3) is 0 Å². The van der Waals surface area contributed by atoms with Crippen molar-refractivity contribution < 1.29 is 17.7 Å². The highest BCUT2D eigenvalue weighted by Gasteiger charge is 2.28. The maximum atomic E-state index is 12.5. The van der Waals surface area contributed by atoms with Crippen molar-refractivity contribution in [2.24, 2.45) is 0 Å². The quantitative estimate of drug-likeness (QED) is 0.789. The van der Waals surface area contributed by atoms with Gasteiger partial charge >= 0.3 is 0 Å². The molecule has 0 aliphatic carbocycles. The van der Waals surface area contributed by atoms with Gasteiger partial charge in [-0.05, 0) is 43.4 Å². The fraction of sp³-hybridized carbons (Fsp3) is 0.444. The van der Waals surface area contributed by atoms with E-state index in [1.54, 1.807) is 19.1 Å². The van der Waals surface area contributed by atoms with E-state index >= 15 is 0 Å². The zero-order chi connectivity index (χ0) is 18.3. The monoisotopic (exact) mass is 349 g/mol. The first-order chi connectivity index (χ1) is 10.9. The molecule has 0 N–H and O–H groups in total. The lowest BCUT2D eigenvalue weighted by Crippen LogP contribution is -2.19. The van der Waals surface area contributed by atoms with Crippen LogP contribution in [0.25, 0.3) is 0 Å². The fourth-order valence-electron chi connectivity index (χ4n) is 2.93. The molecule has 1 aromatic carbocycles. The number of carbonyl (C=O) groups is 1. The number of carbonyl (C=O) groups excluding carboxylic acids is 1. The molecular weight excluding hydrogens is 326 g/mol. The molecule has 0 bridgehead atoms. The van der Waals surface area contributed by atoms with Crippen molar-refractivity contribution >= 4 is 15.6 Å². The number of hydrogen-bond acceptors (Lipinski definition) is 5. The highest BCUT2D eigenvalue weighted by molar-refractivity contribution is 7.92. The largest absolute Gasteiger partial charge is 0.360 e. The summed E-state index contributed by atoms with van der Waals surface area (Å²) in [5.41, 5.74) is 2.75. The van der Waals surface area contributed by atoms with Crippen LogP contribution in [0.2, 0.25) is 0 Å². The smallest absolute Gasteiger partial charge is 0.191 e. The van der Waals surface area contributed by atoms with Gasteiger partial charge in [0.1, 0.15) is 10.6 Å². The van der Waals surface area contributed by atoms with Gasteiger partial charge in [-0.15, -0.1) is 0 Å². The van der Waals surface area contributed by atoms with Crippen LogP contribution in [0.15, 0.2) is 27.6 Å². The Morgan fingerprint density at radius 2 is 1.79 bits per heavy atom.